The molecule has 0 saturated carbocycles. The predicted octanol–water partition coefficient (Wildman–Crippen LogP) is 2.94. The molecule has 3 rings (SSSR count). The van der Waals surface area contributed by atoms with Crippen LogP contribution in [0, 0.1) is 18.7 Å². The number of nitrogens with one attached hydrogen (secondary N) is 2. The van der Waals surface area contributed by atoms with Crippen LogP contribution >= 0.6 is 11.6 Å². The van der Waals surface area contributed by atoms with Gasteiger partial charge in [0.25, 0.3) is 0 Å². The number of aromatic amines is 1. The van der Waals surface area contributed by atoms with E-state index in [0.29, 0.717) is 27.7 Å². The van der Waals surface area contributed by atoms with Crippen LogP contribution in [-0.2, 0) is 0 Å². The SMILES string of the molecule is CC(=O)c1c(Nc2cc(C)cc(F)c2)[nH]c2c(c1=O)=CCC(C)C=2Cl. The first-order chi connectivity index (χ1) is 11.8. The van der Waals surface area contributed by atoms with Gasteiger partial charge in [-0.3, -0.25) is 9.59 Å². The molecule has 0 amide bonds. The number of fused-ring (bicyclic) bond motifs is 1. The van der Waals surface area contributed by atoms with Crippen LogP contribution in [0.1, 0.15) is 36.2 Å². The molecule has 1 aliphatic carbocycles. The number of H-pyrrole nitrogens is 1. The second-order valence-corrected chi connectivity index (χ2v) is 6.79. The molecular weight excluding hydrogens is 343 g/mol. The molecule has 130 valence electrons. The Morgan fingerprint density at radius 1 is 1.36 bits per heavy atom. The number of hydrogen-bond acceptors (Lipinski definition) is 3. The number of rotatable bonds is 3. The molecule has 2 N–H and O–H groups in total. The first-order valence-electron chi connectivity index (χ1n) is 7.99. The van der Waals surface area contributed by atoms with Gasteiger partial charge in [0, 0.05) is 15.9 Å². The highest BCUT2D eigenvalue weighted by Gasteiger charge is 2.20. The van der Waals surface area contributed by atoms with Crippen LogP contribution in [0.15, 0.2) is 23.0 Å². The van der Waals surface area contributed by atoms with Gasteiger partial charge in [0.1, 0.15) is 17.2 Å². The van der Waals surface area contributed by atoms with Crippen molar-refractivity contribution in [2.75, 3.05) is 5.32 Å². The van der Waals surface area contributed by atoms with E-state index in [9.17, 15) is 14.0 Å². The summed E-state index contributed by atoms with van der Waals surface area (Å²) in [4.78, 5) is 27.9. The molecule has 1 atom stereocenters. The topological polar surface area (TPSA) is 62.0 Å². The second kappa shape index (κ2) is 6.48. The van der Waals surface area contributed by atoms with Crippen molar-refractivity contribution in [3.8, 4) is 0 Å². The third-order valence-electron chi connectivity index (χ3n) is 4.25. The third-order valence-corrected chi connectivity index (χ3v) is 4.81. The molecule has 2 aromatic rings. The Kier molecular flexibility index (Phi) is 4.52. The smallest absolute Gasteiger partial charge is 0.202 e. The highest BCUT2D eigenvalue weighted by molar-refractivity contribution is 6.45. The lowest BCUT2D eigenvalue weighted by atomic mass is 9.99. The Bertz CT molecular complexity index is 1040. The van der Waals surface area contributed by atoms with Crippen LogP contribution < -0.4 is 21.3 Å². The van der Waals surface area contributed by atoms with E-state index in [2.05, 4.69) is 10.3 Å². The molecule has 0 spiro atoms. The van der Waals surface area contributed by atoms with Gasteiger partial charge in [0.15, 0.2) is 5.78 Å². The molecule has 0 fully saturated rings. The first kappa shape index (κ1) is 17.4. The van der Waals surface area contributed by atoms with Crippen molar-refractivity contribution in [2.24, 2.45) is 5.92 Å². The number of Topliss-reactive ketones (excluding diaryl/α,β-unsaturated/α-hetero) is 1. The molecule has 1 aromatic heterocycles. The van der Waals surface area contributed by atoms with Crippen molar-refractivity contribution in [1.82, 2.24) is 4.98 Å². The summed E-state index contributed by atoms with van der Waals surface area (Å²) in [6, 6.07) is 4.42. The van der Waals surface area contributed by atoms with E-state index in [4.69, 9.17) is 11.6 Å². The van der Waals surface area contributed by atoms with Gasteiger partial charge in [-0.25, -0.2) is 4.39 Å². The molecule has 6 heteroatoms. The monoisotopic (exact) mass is 360 g/mol. The van der Waals surface area contributed by atoms with Gasteiger partial charge in [-0.05, 0) is 49.9 Å². The Labute approximate surface area is 149 Å². The minimum atomic E-state index is -0.404. The number of pyridine rings is 1. The van der Waals surface area contributed by atoms with E-state index in [1.54, 1.807) is 19.1 Å². The van der Waals surface area contributed by atoms with Crippen LogP contribution in [0.4, 0.5) is 15.9 Å². The summed E-state index contributed by atoms with van der Waals surface area (Å²) < 4.78 is 13.6. The molecule has 4 nitrogen and oxygen atoms in total. The van der Waals surface area contributed by atoms with Crippen LogP contribution in [-0.4, -0.2) is 10.8 Å². The molecular formula is C19H18ClFN2O2. The third kappa shape index (κ3) is 3.24. The fourth-order valence-electron chi connectivity index (χ4n) is 3.03. The van der Waals surface area contributed by atoms with Gasteiger partial charge in [0.05, 0.1) is 5.35 Å². The molecule has 25 heavy (non-hydrogen) atoms. The van der Waals surface area contributed by atoms with E-state index in [-0.39, 0.29) is 28.5 Å². The highest BCUT2D eigenvalue weighted by Crippen LogP contribution is 2.22. The molecule has 1 unspecified atom stereocenters. The quantitative estimate of drug-likeness (QED) is 0.827. The molecule has 0 saturated heterocycles. The Hall–Kier alpha value is -2.40. The number of hydrogen-bond donors (Lipinski definition) is 2. The maximum Gasteiger partial charge on any atom is 0.202 e. The molecule has 0 radical (unpaired) electrons. The van der Waals surface area contributed by atoms with Gasteiger partial charge in [-0.1, -0.05) is 24.6 Å². The number of benzene rings is 1. The summed E-state index contributed by atoms with van der Waals surface area (Å²) in [5, 5.41) is 4.42. The lowest BCUT2D eigenvalue weighted by Crippen LogP contribution is -2.47. The fourth-order valence-corrected chi connectivity index (χ4v) is 3.26. The molecule has 0 aliphatic heterocycles. The maximum absolute atomic E-state index is 13.6. The van der Waals surface area contributed by atoms with Crippen LogP contribution in [0.25, 0.3) is 11.1 Å². The number of aromatic nitrogens is 1. The van der Waals surface area contributed by atoms with Gasteiger partial charge in [-0.2, -0.15) is 0 Å². The van der Waals surface area contributed by atoms with Gasteiger partial charge < -0.3 is 10.3 Å². The molecule has 1 heterocycles. The molecule has 1 aromatic carbocycles. The Morgan fingerprint density at radius 2 is 2.08 bits per heavy atom. The summed E-state index contributed by atoms with van der Waals surface area (Å²) in [6.07, 6.45) is 2.44. The molecule has 0 bridgehead atoms. The van der Waals surface area contributed by atoms with E-state index < -0.39 is 5.82 Å². The zero-order valence-electron chi connectivity index (χ0n) is 14.2. The average Bonchev–Trinajstić information content (AvgIpc) is 2.50. The van der Waals surface area contributed by atoms with Gasteiger partial charge in [-0.15, -0.1) is 0 Å². The summed E-state index contributed by atoms with van der Waals surface area (Å²) in [5.74, 6) is -0.472. The number of halogens is 2. The van der Waals surface area contributed by atoms with Gasteiger partial charge >= 0.3 is 0 Å². The second-order valence-electron chi connectivity index (χ2n) is 6.38. The van der Waals surface area contributed by atoms with Crippen molar-refractivity contribution in [1.29, 1.82) is 0 Å². The van der Waals surface area contributed by atoms with Crippen LogP contribution in [0.3, 0.4) is 0 Å². The summed E-state index contributed by atoms with van der Waals surface area (Å²) in [7, 11) is 0. The number of carbonyl (C=O) groups is 1. The summed E-state index contributed by atoms with van der Waals surface area (Å²) >= 11 is 6.38. The van der Waals surface area contributed by atoms with E-state index in [1.165, 1.54) is 19.1 Å². The van der Waals surface area contributed by atoms with Crippen molar-refractivity contribution in [3.63, 3.8) is 0 Å². The lowest BCUT2D eigenvalue weighted by molar-refractivity contribution is 0.101. The van der Waals surface area contributed by atoms with Crippen molar-refractivity contribution in [3.05, 3.63) is 55.9 Å². The zero-order chi connectivity index (χ0) is 18.3. The largest absolute Gasteiger partial charge is 0.341 e. The van der Waals surface area contributed by atoms with E-state index in [1.807, 2.05) is 6.92 Å². The number of aryl methyl sites for hydroxylation is 1. The minimum Gasteiger partial charge on any atom is -0.341 e. The average molecular weight is 361 g/mol. The number of anilines is 2. The van der Waals surface area contributed by atoms with Crippen LogP contribution in [0.5, 0.6) is 0 Å². The van der Waals surface area contributed by atoms with Crippen LogP contribution in [0.2, 0.25) is 0 Å². The fraction of sp³-hybridized carbons (Fsp3) is 0.263. The maximum atomic E-state index is 13.6. The number of ketones is 1. The molecule has 1 aliphatic rings. The number of carbonyl (C=O) groups excluding carboxylic acids is 1. The van der Waals surface area contributed by atoms with Crippen molar-refractivity contribution < 1.29 is 9.18 Å². The lowest BCUT2D eigenvalue weighted by Gasteiger charge is -2.16. The summed E-state index contributed by atoms with van der Waals surface area (Å²) in [6.45, 7) is 5.05. The Balaban J connectivity index is 2.28. The predicted molar refractivity (Wildman–Crippen MR) is 98.2 cm³/mol. The summed E-state index contributed by atoms with van der Waals surface area (Å²) in [5.41, 5.74) is 0.802. The first-order valence-corrected chi connectivity index (χ1v) is 8.37. The van der Waals surface area contributed by atoms with Crippen molar-refractivity contribution >= 4 is 40.0 Å². The zero-order valence-corrected chi connectivity index (χ0v) is 14.9. The highest BCUT2D eigenvalue weighted by atomic mass is 35.5. The van der Waals surface area contributed by atoms with E-state index in [0.717, 1.165) is 5.56 Å². The van der Waals surface area contributed by atoms with Gasteiger partial charge in [0.2, 0.25) is 5.43 Å². The van der Waals surface area contributed by atoms with Crippen molar-refractivity contribution in [2.45, 2.75) is 27.2 Å². The normalized spacial score (nSPS) is 16.2. The van der Waals surface area contributed by atoms with E-state index >= 15 is 0 Å². The Morgan fingerprint density at radius 3 is 2.72 bits per heavy atom. The standard InChI is InChI=1S/C19H18ClFN2O2/c1-9-6-12(21)8-13(7-9)22-19-15(11(3)24)18(25)14-5-4-10(2)16(20)17(14)23-19/h5-8,10,22-23H,4H2,1-3H3. The minimum absolute atomic E-state index is 0.0101.